The van der Waals surface area contributed by atoms with E-state index < -0.39 is 6.04 Å². The Kier molecular flexibility index (Phi) is 5.61. The first-order valence-electron chi connectivity index (χ1n) is 5.63. The Bertz CT molecular complexity index is 365. The summed E-state index contributed by atoms with van der Waals surface area (Å²) in [5, 5.41) is 2.88. The van der Waals surface area contributed by atoms with Crippen LogP contribution in [-0.2, 0) is 16.0 Å². The Morgan fingerprint density at radius 3 is 2.82 bits per heavy atom. The fourth-order valence-electron chi connectivity index (χ4n) is 1.55. The lowest BCUT2D eigenvalue weighted by atomic mass is 10.2. The highest BCUT2D eigenvalue weighted by Gasteiger charge is 2.15. The zero-order valence-corrected chi connectivity index (χ0v) is 11.3. The second-order valence-electron chi connectivity index (χ2n) is 4.19. The molecule has 2 unspecified atom stereocenters. The van der Waals surface area contributed by atoms with Crippen LogP contribution in [0.2, 0.25) is 0 Å². The lowest BCUT2D eigenvalue weighted by Crippen LogP contribution is -2.47. The Balaban J connectivity index is 2.38. The molecule has 0 saturated carbocycles. The van der Waals surface area contributed by atoms with Crippen molar-refractivity contribution in [3.63, 3.8) is 0 Å². The van der Waals surface area contributed by atoms with Crippen molar-refractivity contribution in [1.82, 2.24) is 5.32 Å². The van der Waals surface area contributed by atoms with E-state index in [4.69, 9.17) is 10.5 Å². The van der Waals surface area contributed by atoms with Gasteiger partial charge in [0.15, 0.2) is 0 Å². The summed E-state index contributed by atoms with van der Waals surface area (Å²) in [7, 11) is 1.53. The molecule has 1 heterocycles. The summed E-state index contributed by atoms with van der Waals surface area (Å²) >= 11 is 1.75. The molecule has 0 aromatic carbocycles. The number of methoxy groups -OCH3 is 1. The predicted octanol–water partition coefficient (Wildman–Crippen LogP) is 1.08. The minimum atomic E-state index is -0.590. The van der Waals surface area contributed by atoms with Gasteiger partial charge in [0.25, 0.3) is 0 Å². The Labute approximate surface area is 106 Å². The monoisotopic (exact) mass is 256 g/mol. The number of rotatable bonds is 6. The number of hydrogen-bond donors (Lipinski definition) is 2. The second kappa shape index (κ2) is 6.74. The van der Waals surface area contributed by atoms with Gasteiger partial charge in [-0.25, -0.2) is 0 Å². The van der Waals surface area contributed by atoms with Gasteiger partial charge in [0.1, 0.15) is 6.04 Å². The highest BCUT2D eigenvalue weighted by atomic mass is 32.1. The average molecular weight is 256 g/mol. The summed E-state index contributed by atoms with van der Waals surface area (Å²) in [6.45, 7) is 4.30. The van der Waals surface area contributed by atoms with Crippen molar-refractivity contribution in [3.05, 3.63) is 21.9 Å². The van der Waals surface area contributed by atoms with Crippen LogP contribution in [0.3, 0.4) is 0 Å². The van der Waals surface area contributed by atoms with Crippen molar-refractivity contribution in [2.24, 2.45) is 5.73 Å². The van der Waals surface area contributed by atoms with Crippen LogP contribution in [0.5, 0.6) is 0 Å². The van der Waals surface area contributed by atoms with Crippen LogP contribution < -0.4 is 11.1 Å². The molecule has 1 aromatic heterocycles. The molecule has 0 bridgehead atoms. The number of ether oxygens (including phenoxy) is 1. The van der Waals surface area contributed by atoms with Gasteiger partial charge in [-0.2, -0.15) is 0 Å². The third-order valence-corrected chi connectivity index (χ3v) is 3.40. The first-order chi connectivity index (χ1) is 8.02. The number of aryl methyl sites for hydroxylation is 1. The molecule has 0 aliphatic rings. The maximum atomic E-state index is 11.6. The minimum Gasteiger partial charge on any atom is -0.383 e. The van der Waals surface area contributed by atoms with Gasteiger partial charge < -0.3 is 15.8 Å². The SMILES string of the molecule is COCC(N)C(=O)NC(C)Cc1ccc(C)s1. The van der Waals surface area contributed by atoms with E-state index in [-0.39, 0.29) is 18.6 Å². The number of amides is 1. The third kappa shape index (κ3) is 4.85. The first kappa shape index (κ1) is 14.2. The Morgan fingerprint density at radius 1 is 1.59 bits per heavy atom. The standard InChI is InChI=1S/C12H20N2O2S/c1-8(6-10-5-4-9(2)17-10)14-12(15)11(13)7-16-3/h4-5,8,11H,6-7,13H2,1-3H3,(H,14,15). The smallest absolute Gasteiger partial charge is 0.239 e. The number of carbonyl (C=O) groups excluding carboxylic acids is 1. The lowest BCUT2D eigenvalue weighted by Gasteiger charge is -2.16. The van der Waals surface area contributed by atoms with Crippen molar-refractivity contribution in [2.75, 3.05) is 13.7 Å². The zero-order valence-electron chi connectivity index (χ0n) is 10.5. The quantitative estimate of drug-likeness (QED) is 0.800. The summed E-state index contributed by atoms with van der Waals surface area (Å²) in [6, 6.07) is 3.68. The Morgan fingerprint density at radius 2 is 2.29 bits per heavy atom. The van der Waals surface area contributed by atoms with Crippen LogP contribution in [0.4, 0.5) is 0 Å². The van der Waals surface area contributed by atoms with Gasteiger partial charge in [0, 0.05) is 29.3 Å². The molecule has 3 N–H and O–H groups in total. The van der Waals surface area contributed by atoms with Gasteiger partial charge >= 0.3 is 0 Å². The molecule has 0 saturated heterocycles. The van der Waals surface area contributed by atoms with Crippen molar-refractivity contribution < 1.29 is 9.53 Å². The van der Waals surface area contributed by atoms with Gasteiger partial charge in [-0.05, 0) is 26.0 Å². The summed E-state index contributed by atoms with van der Waals surface area (Å²) < 4.78 is 4.84. The van der Waals surface area contributed by atoms with Crippen LogP contribution in [0, 0.1) is 6.92 Å². The van der Waals surface area contributed by atoms with Crippen LogP contribution in [-0.4, -0.2) is 31.7 Å². The molecule has 96 valence electrons. The van der Waals surface area contributed by atoms with E-state index >= 15 is 0 Å². The molecule has 0 radical (unpaired) electrons. The van der Waals surface area contributed by atoms with Crippen molar-refractivity contribution in [3.8, 4) is 0 Å². The zero-order chi connectivity index (χ0) is 12.8. The van der Waals surface area contributed by atoms with Gasteiger partial charge in [0.05, 0.1) is 6.61 Å². The normalized spacial score (nSPS) is 14.4. The third-order valence-electron chi connectivity index (χ3n) is 2.38. The average Bonchev–Trinajstić information content (AvgIpc) is 2.64. The van der Waals surface area contributed by atoms with Crippen molar-refractivity contribution >= 4 is 17.2 Å². The maximum Gasteiger partial charge on any atom is 0.239 e. The van der Waals surface area contributed by atoms with E-state index in [1.54, 1.807) is 11.3 Å². The number of thiophene rings is 1. The molecular formula is C12H20N2O2S. The molecule has 2 atom stereocenters. The van der Waals surface area contributed by atoms with Crippen molar-refractivity contribution in [1.29, 1.82) is 0 Å². The van der Waals surface area contributed by atoms with Gasteiger partial charge in [-0.1, -0.05) is 0 Å². The molecule has 1 rings (SSSR count). The van der Waals surface area contributed by atoms with Crippen LogP contribution >= 0.6 is 11.3 Å². The number of nitrogens with two attached hydrogens (primary N) is 1. The predicted molar refractivity (Wildman–Crippen MR) is 70.2 cm³/mol. The van der Waals surface area contributed by atoms with Gasteiger partial charge in [0.2, 0.25) is 5.91 Å². The van der Waals surface area contributed by atoms with E-state index in [9.17, 15) is 4.79 Å². The molecule has 1 amide bonds. The lowest BCUT2D eigenvalue weighted by molar-refractivity contribution is -0.124. The Hall–Kier alpha value is -0.910. The highest BCUT2D eigenvalue weighted by molar-refractivity contribution is 7.11. The molecule has 1 aromatic rings. The number of hydrogen-bond acceptors (Lipinski definition) is 4. The van der Waals surface area contributed by atoms with Crippen LogP contribution in [0.15, 0.2) is 12.1 Å². The summed E-state index contributed by atoms with van der Waals surface area (Å²) in [4.78, 5) is 14.2. The van der Waals surface area contributed by atoms with Gasteiger partial charge in [-0.15, -0.1) is 11.3 Å². The van der Waals surface area contributed by atoms with E-state index in [2.05, 4.69) is 24.4 Å². The van der Waals surface area contributed by atoms with Gasteiger partial charge in [-0.3, -0.25) is 4.79 Å². The molecule has 0 fully saturated rings. The van der Waals surface area contributed by atoms with Crippen LogP contribution in [0.25, 0.3) is 0 Å². The number of carbonyl (C=O) groups is 1. The fourth-order valence-corrected chi connectivity index (χ4v) is 2.57. The van der Waals surface area contributed by atoms with Crippen molar-refractivity contribution in [2.45, 2.75) is 32.4 Å². The van der Waals surface area contributed by atoms with E-state index in [1.165, 1.54) is 16.9 Å². The minimum absolute atomic E-state index is 0.0865. The molecule has 4 nitrogen and oxygen atoms in total. The molecule has 17 heavy (non-hydrogen) atoms. The van der Waals surface area contributed by atoms with E-state index in [0.29, 0.717) is 0 Å². The summed E-state index contributed by atoms with van der Waals surface area (Å²) in [5.41, 5.74) is 5.64. The van der Waals surface area contributed by atoms with E-state index in [1.807, 2.05) is 6.92 Å². The molecule has 0 aliphatic heterocycles. The molecule has 0 spiro atoms. The molecular weight excluding hydrogens is 236 g/mol. The number of nitrogens with one attached hydrogen (secondary N) is 1. The summed E-state index contributed by atoms with van der Waals surface area (Å²) in [5.74, 6) is -0.160. The topological polar surface area (TPSA) is 64.3 Å². The van der Waals surface area contributed by atoms with E-state index in [0.717, 1.165) is 6.42 Å². The largest absolute Gasteiger partial charge is 0.383 e. The second-order valence-corrected chi connectivity index (χ2v) is 5.56. The fraction of sp³-hybridized carbons (Fsp3) is 0.583. The molecule has 5 heteroatoms. The molecule has 0 aliphatic carbocycles. The summed E-state index contributed by atoms with van der Waals surface area (Å²) in [6.07, 6.45) is 0.837. The highest BCUT2D eigenvalue weighted by Crippen LogP contribution is 2.16. The van der Waals surface area contributed by atoms with Crippen LogP contribution in [0.1, 0.15) is 16.7 Å². The first-order valence-corrected chi connectivity index (χ1v) is 6.44. The maximum absolute atomic E-state index is 11.6.